The molecule has 1 aliphatic carbocycles. The second-order valence-corrected chi connectivity index (χ2v) is 7.61. The lowest BCUT2D eigenvalue weighted by Gasteiger charge is -2.19. The molecule has 24 heavy (non-hydrogen) atoms. The average Bonchev–Trinajstić information content (AvgIpc) is 2.96. The van der Waals surface area contributed by atoms with E-state index < -0.39 is 0 Å². The molecular formula is C16H16N4O3S. The number of rotatable bonds is 4. The molecule has 0 aliphatic heterocycles. The van der Waals surface area contributed by atoms with Gasteiger partial charge in [-0.05, 0) is 24.0 Å². The Labute approximate surface area is 141 Å². The van der Waals surface area contributed by atoms with Crippen LogP contribution in [0.4, 0.5) is 5.13 Å². The van der Waals surface area contributed by atoms with Gasteiger partial charge in [-0.15, -0.1) is 0 Å². The highest BCUT2D eigenvalue weighted by Crippen LogP contribution is 2.53. The number of furan rings is 1. The summed E-state index contributed by atoms with van der Waals surface area (Å²) in [6, 6.07) is 3.60. The predicted octanol–water partition coefficient (Wildman–Crippen LogP) is 2.55. The van der Waals surface area contributed by atoms with Crippen LogP contribution in [0, 0.1) is 11.3 Å². The molecule has 0 saturated heterocycles. The number of hydrogen-bond acceptors (Lipinski definition) is 6. The summed E-state index contributed by atoms with van der Waals surface area (Å²) in [5, 5.41) is 0.471. The van der Waals surface area contributed by atoms with Crippen molar-refractivity contribution >= 4 is 32.7 Å². The lowest BCUT2D eigenvalue weighted by molar-refractivity contribution is -0.120. The van der Waals surface area contributed by atoms with E-state index in [0.29, 0.717) is 21.2 Å². The standard InChI is InChI=1S/C16H16N4O3S/c1-16(2)6-10(16)14(22)20(7-9-4-3-5-23-9)15-19-12-11(24-15)13(21)18-8-17-12/h3-5,8,10H,6-7H2,1-2H3,(H,17,18,21). The second-order valence-electron chi connectivity index (χ2n) is 6.63. The molecule has 0 spiro atoms. The number of hydrogen-bond donors (Lipinski definition) is 1. The van der Waals surface area contributed by atoms with Crippen LogP contribution in [0.25, 0.3) is 10.3 Å². The van der Waals surface area contributed by atoms with Gasteiger partial charge in [0, 0.05) is 5.92 Å². The van der Waals surface area contributed by atoms with Gasteiger partial charge < -0.3 is 9.40 Å². The molecule has 1 unspecified atom stereocenters. The van der Waals surface area contributed by atoms with Gasteiger partial charge in [0.15, 0.2) is 10.8 Å². The van der Waals surface area contributed by atoms with E-state index >= 15 is 0 Å². The van der Waals surface area contributed by atoms with Gasteiger partial charge in [0.05, 0.1) is 19.1 Å². The first-order valence-electron chi connectivity index (χ1n) is 7.64. The van der Waals surface area contributed by atoms with Crippen molar-refractivity contribution in [3.8, 4) is 0 Å². The summed E-state index contributed by atoms with van der Waals surface area (Å²) in [7, 11) is 0. The Morgan fingerprint density at radius 3 is 2.96 bits per heavy atom. The molecule has 1 N–H and O–H groups in total. The zero-order valence-corrected chi connectivity index (χ0v) is 14.1. The van der Waals surface area contributed by atoms with Crippen molar-refractivity contribution in [1.82, 2.24) is 15.0 Å². The number of carbonyl (C=O) groups is 1. The molecule has 1 atom stereocenters. The van der Waals surface area contributed by atoms with E-state index in [9.17, 15) is 9.59 Å². The first kappa shape index (κ1) is 15.1. The number of aromatic amines is 1. The summed E-state index contributed by atoms with van der Waals surface area (Å²) in [5.41, 5.74) is 0.109. The lowest BCUT2D eigenvalue weighted by atomic mass is 10.1. The number of aromatic nitrogens is 3. The summed E-state index contributed by atoms with van der Waals surface area (Å²) in [6.45, 7) is 4.44. The van der Waals surface area contributed by atoms with Crippen LogP contribution in [0.5, 0.6) is 0 Å². The van der Waals surface area contributed by atoms with Gasteiger partial charge in [-0.2, -0.15) is 4.98 Å². The Hall–Kier alpha value is -2.48. The Bertz CT molecular complexity index is 957. The van der Waals surface area contributed by atoms with E-state index in [4.69, 9.17) is 4.42 Å². The van der Waals surface area contributed by atoms with Crippen LogP contribution in [0.3, 0.4) is 0 Å². The molecule has 1 amide bonds. The minimum Gasteiger partial charge on any atom is -0.467 e. The van der Waals surface area contributed by atoms with Gasteiger partial charge in [0.25, 0.3) is 5.56 Å². The Kier molecular flexibility index (Phi) is 3.31. The van der Waals surface area contributed by atoms with Crippen molar-refractivity contribution in [3.05, 3.63) is 40.8 Å². The molecule has 124 valence electrons. The largest absolute Gasteiger partial charge is 0.467 e. The quantitative estimate of drug-likeness (QED) is 0.785. The van der Waals surface area contributed by atoms with Crippen LogP contribution < -0.4 is 10.5 Å². The zero-order chi connectivity index (χ0) is 16.9. The van der Waals surface area contributed by atoms with E-state index in [2.05, 4.69) is 28.8 Å². The first-order chi connectivity index (χ1) is 11.5. The fourth-order valence-corrected chi connectivity index (χ4v) is 3.67. The summed E-state index contributed by atoms with van der Waals surface area (Å²) >= 11 is 1.17. The number of H-pyrrole nitrogens is 1. The SMILES string of the molecule is CC1(C)CC1C(=O)N(Cc1ccco1)c1nc2nc[nH]c(=O)c2s1. The monoisotopic (exact) mass is 344 g/mol. The smallest absolute Gasteiger partial charge is 0.270 e. The van der Waals surface area contributed by atoms with Crippen LogP contribution >= 0.6 is 11.3 Å². The number of nitrogens with zero attached hydrogens (tertiary/aromatic N) is 3. The average molecular weight is 344 g/mol. The van der Waals surface area contributed by atoms with Gasteiger partial charge in [-0.1, -0.05) is 25.2 Å². The van der Waals surface area contributed by atoms with E-state index in [1.165, 1.54) is 17.7 Å². The Morgan fingerprint density at radius 1 is 1.54 bits per heavy atom. The highest BCUT2D eigenvalue weighted by atomic mass is 32.1. The van der Waals surface area contributed by atoms with E-state index in [0.717, 1.165) is 6.42 Å². The van der Waals surface area contributed by atoms with Crippen LogP contribution in [-0.4, -0.2) is 20.9 Å². The van der Waals surface area contributed by atoms with E-state index in [1.54, 1.807) is 17.2 Å². The van der Waals surface area contributed by atoms with Gasteiger partial charge in [-0.25, -0.2) is 4.98 Å². The number of anilines is 1. The highest BCUT2D eigenvalue weighted by molar-refractivity contribution is 7.22. The topological polar surface area (TPSA) is 92.1 Å². The van der Waals surface area contributed by atoms with E-state index in [-0.39, 0.29) is 29.3 Å². The van der Waals surface area contributed by atoms with Gasteiger partial charge in [-0.3, -0.25) is 14.5 Å². The molecule has 4 rings (SSSR count). The highest BCUT2D eigenvalue weighted by Gasteiger charge is 2.52. The number of carbonyl (C=O) groups excluding carboxylic acids is 1. The maximum Gasteiger partial charge on any atom is 0.270 e. The first-order valence-corrected chi connectivity index (χ1v) is 8.45. The van der Waals surface area contributed by atoms with Gasteiger partial charge in [0.2, 0.25) is 5.91 Å². The normalized spacial score (nSPS) is 18.7. The summed E-state index contributed by atoms with van der Waals surface area (Å²) in [4.78, 5) is 37.4. The molecule has 1 fully saturated rings. The molecule has 1 aliphatic rings. The van der Waals surface area contributed by atoms with Crippen LogP contribution in [-0.2, 0) is 11.3 Å². The van der Waals surface area contributed by atoms with Crippen molar-refractivity contribution in [2.75, 3.05) is 4.90 Å². The fourth-order valence-electron chi connectivity index (χ4n) is 2.74. The molecule has 0 bridgehead atoms. The van der Waals surface area contributed by atoms with Crippen molar-refractivity contribution in [2.24, 2.45) is 11.3 Å². The number of fused-ring (bicyclic) bond motifs is 1. The third kappa shape index (κ3) is 2.52. The van der Waals surface area contributed by atoms with Crippen molar-refractivity contribution in [2.45, 2.75) is 26.8 Å². The molecule has 1 saturated carbocycles. The van der Waals surface area contributed by atoms with Gasteiger partial charge >= 0.3 is 0 Å². The van der Waals surface area contributed by atoms with Crippen LogP contribution in [0.1, 0.15) is 26.0 Å². The molecular weight excluding hydrogens is 328 g/mol. The third-order valence-electron chi connectivity index (χ3n) is 4.39. The molecule has 3 aromatic heterocycles. The maximum absolute atomic E-state index is 13.0. The van der Waals surface area contributed by atoms with Gasteiger partial charge in [0.1, 0.15) is 10.5 Å². The Balaban J connectivity index is 1.74. The Morgan fingerprint density at radius 2 is 2.33 bits per heavy atom. The molecule has 0 radical (unpaired) electrons. The fraction of sp³-hybridized carbons (Fsp3) is 0.375. The number of thiazole rings is 1. The third-order valence-corrected chi connectivity index (χ3v) is 5.46. The summed E-state index contributed by atoms with van der Waals surface area (Å²) in [6.07, 6.45) is 3.74. The number of nitrogens with one attached hydrogen (secondary N) is 1. The summed E-state index contributed by atoms with van der Waals surface area (Å²) < 4.78 is 5.80. The minimum atomic E-state index is -0.249. The van der Waals surface area contributed by atoms with Crippen molar-refractivity contribution < 1.29 is 9.21 Å². The minimum absolute atomic E-state index is 0.00486. The number of amides is 1. The molecule has 3 heterocycles. The van der Waals surface area contributed by atoms with Crippen molar-refractivity contribution in [1.29, 1.82) is 0 Å². The van der Waals surface area contributed by atoms with E-state index in [1.807, 2.05) is 6.07 Å². The van der Waals surface area contributed by atoms with Crippen LogP contribution in [0.15, 0.2) is 33.9 Å². The molecule has 3 aromatic rings. The van der Waals surface area contributed by atoms with Crippen molar-refractivity contribution in [3.63, 3.8) is 0 Å². The maximum atomic E-state index is 13.0. The second kappa shape index (κ2) is 5.27. The predicted molar refractivity (Wildman–Crippen MR) is 89.8 cm³/mol. The zero-order valence-electron chi connectivity index (χ0n) is 13.3. The summed E-state index contributed by atoms with van der Waals surface area (Å²) in [5.74, 6) is 0.639. The lowest BCUT2D eigenvalue weighted by Crippen LogP contribution is -2.32. The van der Waals surface area contributed by atoms with Crippen LogP contribution in [0.2, 0.25) is 0 Å². The molecule has 0 aromatic carbocycles. The molecule has 7 nitrogen and oxygen atoms in total. The molecule has 8 heteroatoms.